The van der Waals surface area contributed by atoms with E-state index >= 15 is 0 Å². The molecule has 0 spiro atoms. The van der Waals surface area contributed by atoms with E-state index in [1.165, 1.54) is 11.7 Å². The standard InChI is InChI=1S/C13H16F2N2O4S/c1-3-16-11(19)9-8(10(14)15)7(6-18)22-12(9)17(13(16)20)4-5-21-2/h10,18H,3-6H2,1-2H3. The summed E-state index contributed by atoms with van der Waals surface area (Å²) in [7, 11) is 1.45. The number of nitrogens with zero attached hydrogens (tertiary/aromatic N) is 2. The number of aliphatic hydroxyl groups excluding tert-OH is 1. The van der Waals surface area contributed by atoms with E-state index in [0.717, 1.165) is 15.9 Å². The number of methoxy groups -OCH3 is 1. The van der Waals surface area contributed by atoms with Crippen LogP contribution in [0.25, 0.3) is 10.2 Å². The van der Waals surface area contributed by atoms with Gasteiger partial charge < -0.3 is 9.84 Å². The normalized spacial score (nSPS) is 11.7. The van der Waals surface area contributed by atoms with Crippen molar-refractivity contribution in [2.45, 2.75) is 33.0 Å². The lowest BCUT2D eigenvalue weighted by Gasteiger charge is -2.10. The molecule has 0 unspecified atom stereocenters. The molecule has 0 aromatic carbocycles. The fourth-order valence-corrected chi connectivity index (χ4v) is 3.51. The molecule has 0 radical (unpaired) electrons. The first kappa shape index (κ1) is 16.8. The molecule has 2 aromatic rings. The molecule has 0 saturated carbocycles. The summed E-state index contributed by atoms with van der Waals surface area (Å²) in [6.07, 6.45) is -2.90. The van der Waals surface area contributed by atoms with Gasteiger partial charge in [-0.1, -0.05) is 0 Å². The number of alkyl halides is 2. The Morgan fingerprint density at radius 3 is 2.50 bits per heavy atom. The van der Waals surface area contributed by atoms with Crippen molar-refractivity contribution in [2.75, 3.05) is 13.7 Å². The molecule has 9 heteroatoms. The van der Waals surface area contributed by atoms with Gasteiger partial charge in [-0.2, -0.15) is 0 Å². The van der Waals surface area contributed by atoms with Crippen LogP contribution in [-0.4, -0.2) is 28.0 Å². The predicted molar refractivity (Wildman–Crippen MR) is 78.8 cm³/mol. The Bertz CT molecular complexity index is 794. The highest BCUT2D eigenvalue weighted by molar-refractivity contribution is 7.18. The van der Waals surface area contributed by atoms with E-state index in [9.17, 15) is 23.5 Å². The molecular weight excluding hydrogens is 318 g/mol. The molecule has 6 nitrogen and oxygen atoms in total. The van der Waals surface area contributed by atoms with Gasteiger partial charge >= 0.3 is 5.69 Å². The Kier molecular flexibility index (Phi) is 5.09. The van der Waals surface area contributed by atoms with E-state index in [-0.39, 0.29) is 34.8 Å². The number of hydrogen-bond acceptors (Lipinski definition) is 5. The minimum atomic E-state index is -2.90. The summed E-state index contributed by atoms with van der Waals surface area (Å²) in [4.78, 5) is 24.9. The molecular formula is C13H16F2N2O4S. The number of hydrogen-bond donors (Lipinski definition) is 1. The molecule has 1 N–H and O–H groups in total. The molecule has 2 rings (SSSR count). The first-order valence-electron chi connectivity index (χ1n) is 6.64. The van der Waals surface area contributed by atoms with Gasteiger partial charge in [0.2, 0.25) is 0 Å². The highest BCUT2D eigenvalue weighted by Crippen LogP contribution is 2.35. The largest absolute Gasteiger partial charge is 0.391 e. The van der Waals surface area contributed by atoms with Crippen LogP contribution >= 0.6 is 11.3 Å². The molecule has 0 amide bonds. The fourth-order valence-electron chi connectivity index (χ4n) is 2.34. The smallest absolute Gasteiger partial charge is 0.332 e. The van der Waals surface area contributed by atoms with Crippen LogP contribution in [0.5, 0.6) is 0 Å². The number of fused-ring (bicyclic) bond motifs is 1. The van der Waals surface area contributed by atoms with E-state index in [2.05, 4.69) is 0 Å². The third-order valence-corrected chi connectivity index (χ3v) is 4.58. The second kappa shape index (κ2) is 6.67. The van der Waals surface area contributed by atoms with Gasteiger partial charge in [0.15, 0.2) is 0 Å². The van der Waals surface area contributed by atoms with Crippen LogP contribution in [-0.2, 0) is 24.4 Å². The van der Waals surface area contributed by atoms with Crippen LogP contribution in [0.15, 0.2) is 9.59 Å². The number of aromatic nitrogens is 2. The average Bonchev–Trinajstić information content (AvgIpc) is 2.87. The summed E-state index contributed by atoms with van der Waals surface area (Å²) in [5, 5.41) is 9.09. The molecule has 2 aromatic heterocycles. The van der Waals surface area contributed by atoms with Gasteiger partial charge in [0, 0.05) is 24.1 Å². The minimum absolute atomic E-state index is 0.00141. The second-order valence-electron chi connectivity index (χ2n) is 4.55. The second-order valence-corrected chi connectivity index (χ2v) is 5.64. The molecule has 0 fully saturated rings. The monoisotopic (exact) mass is 334 g/mol. The summed E-state index contributed by atoms with van der Waals surface area (Å²) in [5.74, 6) is 0. The highest BCUT2D eigenvalue weighted by atomic mass is 32.1. The lowest BCUT2D eigenvalue weighted by atomic mass is 10.2. The van der Waals surface area contributed by atoms with E-state index in [0.29, 0.717) is 0 Å². The molecule has 0 aliphatic rings. The van der Waals surface area contributed by atoms with Crippen LogP contribution in [0, 0.1) is 0 Å². The van der Waals surface area contributed by atoms with Gasteiger partial charge in [0.05, 0.1) is 25.1 Å². The van der Waals surface area contributed by atoms with Crippen molar-refractivity contribution in [3.8, 4) is 0 Å². The SMILES string of the molecule is CCn1c(=O)c2c(C(F)F)c(CO)sc2n(CCOC)c1=O. The average molecular weight is 334 g/mol. The first-order valence-corrected chi connectivity index (χ1v) is 7.46. The lowest BCUT2D eigenvalue weighted by molar-refractivity contribution is 0.149. The van der Waals surface area contributed by atoms with Crippen molar-refractivity contribution in [3.05, 3.63) is 31.3 Å². The number of halogens is 2. The Hall–Kier alpha value is -1.58. The summed E-state index contributed by atoms with van der Waals surface area (Å²) in [6.45, 7) is 1.40. The van der Waals surface area contributed by atoms with Crippen molar-refractivity contribution in [1.82, 2.24) is 9.13 Å². The van der Waals surface area contributed by atoms with Gasteiger partial charge in [-0.3, -0.25) is 13.9 Å². The predicted octanol–water partition coefficient (Wildman–Crippen LogP) is 1.32. The number of rotatable bonds is 6. The van der Waals surface area contributed by atoms with Crippen molar-refractivity contribution in [1.29, 1.82) is 0 Å². The topological polar surface area (TPSA) is 73.5 Å². The van der Waals surface area contributed by atoms with E-state index in [4.69, 9.17) is 4.74 Å². The van der Waals surface area contributed by atoms with E-state index < -0.39 is 29.8 Å². The minimum Gasteiger partial charge on any atom is -0.391 e. The van der Waals surface area contributed by atoms with Crippen molar-refractivity contribution in [3.63, 3.8) is 0 Å². The number of ether oxygens (including phenoxy) is 1. The molecule has 122 valence electrons. The number of aliphatic hydroxyl groups is 1. The van der Waals surface area contributed by atoms with Gasteiger partial charge in [-0.05, 0) is 6.92 Å². The molecule has 0 aliphatic carbocycles. The summed E-state index contributed by atoms with van der Waals surface area (Å²) >= 11 is 0.841. The molecule has 0 atom stereocenters. The summed E-state index contributed by atoms with van der Waals surface area (Å²) < 4.78 is 33.7. The van der Waals surface area contributed by atoms with Gasteiger partial charge in [-0.25, -0.2) is 13.6 Å². The molecule has 0 aliphatic heterocycles. The van der Waals surface area contributed by atoms with Gasteiger partial charge in [0.1, 0.15) is 4.83 Å². The zero-order chi connectivity index (χ0) is 16.4. The lowest BCUT2D eigenvalue weighted by Crippen LogP contribution is -2.40. The molecule has 22 heavy (non-hydrogen) atoms. The van der Waals surface area contributed by atoms with Crippen LogP contribution in [0.1, 0.15) is 23.8 Å². The molecule has 0 bridgehead atoms. The number of thiophene rings is 1. The Morgan fingerprint density at radius 2 is 2.00 bits per heavy atom. The van der Waals surface area contributed by atoms with Crippen molar-refractivity contribution in [2.24, 2.45) is 0 Å². The summed E-state index contributed by atoms with van der Waals surface area (Å²) in [6, 6.07) is 0. The van der Waals surface area contributed by atoms with Crippen molar-refractivity contribution < 1.29 is 18.6 Å². The third-order valence-electron chi connectivity index (χ3n) is 3.37. The van der Waals surface area contributed by atoms with Crippen LogP contribution < -0.4 is 11.2 Å². The Morgan fingerprint density at radius 1 is 1.32 bits per heavy atom. The van der Waals surface area contributed by atoms with Crippen molar-refractivity contribution >= 4 is 21.6 Å². The zero-order valence-corrected chi connectivity index (χ0v) is 13.0. The maximum atomic E-state index is 13.3. The van der Waals surface area contributed by atoms with Gasteiger partial charge in [-0.15, -0.1) is 11.3 Å². The van der Waals surface area contributed by atoms with Crippen LogP contribution in [0.2, 0.25) is 0 Å². The van der Waals surface area contributed by atoms with Crippen LogP contribution in [0.4, 0.5) is 8.78 Å². The van der Waals surface area contributed by atoms with E-state index in [1.807, 2.05) is 0 Å². The Labute approximate surface area is 128 Å². The van der Waals surface area contributed by atoms with E-state index in [1.54, 1.807) is 6.92 Å². The van der Waals surface area contributed by atoms with Gasteiger partial charge in [0.25, 0.3) is 12.0 Å². The quantitative estimate of drug-likeness (QED) is 0.865. The zero-order valence-electron chi connectivity index (χ0n) is 12.1. The maximum Gasteiger partial charge on any atom is 0.332 e. The first-order chi connectivity index (χ1) is 10.5. The molecule has 2 heterocycles. The van der Waals surface area contributed by atoms with Crippen LogP contribution in [0.3, 0.4) is 0 Å². The highest BCUT2D eigenvalue weighted by Gasteiger charge is 2.26. The maximum absolute atomic E-state index is 13.3. The fraction of sp³-hybridized carbons (Fsp3) is 0.538. The summed E-state index contributed by atoms with van der Waals surface area (Å²) in [5.41, 5.74) is -1.80. The Balaban J connectivity index is 2.95. The third kappa shape index (κ3) is 2.59. The molecule has 0 saturated heterocycles.